The smallest absolute Gasteiger partial charge is 0.251 e. The summed E-state index contributed by atoms with van der Waals surface area (Å²) in [4.78, 5) is 16.6. The van der Waals surface area contributed by atoms with Crippen LogP contribution in [0, 0.1) is 5.82 Å². The second-order valence-corrected chi connectivity index (χ2v) is 8.83. The minimum Gasteiger partial charge on any atom is -0.482 e. The molecule has 1 fully saturated rings. The molecule has 1 aliphatic heterocycles. The Bertz CT molecular complexity index is 1180. The van der Waals surface area contributed by atoms with Crippen molar-refractivity contribution in [3.05, 3.63) is 75.7 Å². The molecule has 178 valence electrons. The molecule has 0 saturated carbocycles. The van der Waals surface area contributed by atoms with Crippen LogP contribution in [0.5, 0.6) is 5.75 Å². The van der Waals surface area contributed by atoms with Gasteiger partial charge in [-0.1, -0.05) is 35.3 Å². The molecule has 0 radical (unpaired) electrons. The first kappa shape index (κ1) is 24.3. The maximum Gasteiger partial charge on any atom is 0.251 e. The summed E-state index contributed by atoms with van der Waals surface area (Å²) in [5.74, 6) is -0.264. The lowest BCUT2D eigenvalue weighted by Crippen LogP contribution is -2.31. The zero-order valence-electron chi connectivity index (χ0n) is 18.5. The van der Waals surface area contributed by atoms with Gasteiger partial charge in [-0.05, 0) is 55.7 Å². The van der Waals surface area contributed by atoms with Gasteiger partial charge in [-0.25, -0.2) is 9.37 Å². The Morgan fingerprint density at radius 2 is 2.03 bits per heavy atom. The summed E-state index contributed by atoms with van der Waals surface area (Å²) >= 11 is 12.3. The number of ether oxygens (including phenoxy) is 2. The van der Waals surface area contributed by atoms with Gasteiger partial charge in [-0.15, -0.1) is 0 Å². The first-order valence-corrected chi connectivity index (χ1v) is 11.6. The molecule has 0 aliphatic carbocycles. The molecule has 0 bridgehead atoms. The summed E-state index contributed by atoms with van der Waals surface area (Å²) in [6, 6.07) is 11.5. The maximum absolute atomic E-state index is 13.9. The third-order valence-electron chi connectivity index (χ3n) is 5.67. The van der Waals surface area contributed by atoms with Gasteiger partial charge in [-0.3, -0.25) is 4.79 Å². The van der Waals surface area contributed by atoms with Gasteiger partial charge in [0.1, 0.15) is 11.9 Å². The van der Waals surface area contributed by atoms with Crippen LogP contribution in [0.4, 0.5) is 10.2 Å². The van der Waals surface area contributed by atoms with Crippen LogP contribution >= 0.6 is 23.2 Å². The SMILES string of the molecule is CC(Oc1cc(-c2ccc(C(=O)NC[C@@H]3CCCO3)cc2)cnc1N)c1c(Cl)ccc(F)c1Cl. The zero-order valence-corrected chi connectivity index (χ0v) is 20.0. The standard InChI is InChI=1S/C25H24Cl2FN3O3/c1-14(22-19(26)8-9-20(28)23(22)27)34-21-11-17(12-30-24(21)29)15-4-6-16(7-5-15)25(32)31-13-18-3-2-10-33-18/h4-9,11-12,14,18H,2-3,10,13H2,1H3,(H2,29,30)(H,31,32)/t14?,18-/m0/s1. The number of pyridine rings is 1. The van der Waals surface area contributed by atoms with Crippen molar-refractivity contribution in [2.45, 2.75) is 32.0 Å². The largest absolute Gasteiger partial charge is 0.482 e. The number of halogens is 3. The molecule has 1 aliphatic rings. The van der Waals surface area contributed by atoms with Gasteiger partial charge in [0.15, 0.2) is 11.6 Å². The molecule has 34 heavy (non-hydrogen) atoms. The van der Waals surface area contributed by atoms with Crippen LogP contribution in [0.25, 0.3) is 11.1 Å². The Balaban J connectivity index is 1.48. The van der Waals surface area contributed by atoms with Crippen LogP contribution in [0.2, 0.25) is 10.0 Å². The van der Waals surface area contributed by atoms with E-state index in [9.17, 15) is 9.18 Å². The van der Waals surface area contributed by atoms with Crippen LogP contribution < -0.4 is 15.8 Å². The van der Waals surface area contributed by atoms with Crippen molar-refractivity contribution in [1.29, 1.82) is 0 Å². The van der Waals surface area contributed by atoms with Crippen molar-refractivity contribution in [3.8, 4) is 16.9 Å². The van der Waals surface area contributed by atoms with Gasteiger partial charge in [0.05, 0.1) is 11.1 Å². The number of rotatable bonds is 7. The minimum atomic E-state index is -0.676. The van der Waals surface area contributed by atoms with Crippen LogP contribution in [0.1, 0.15) is 41.8 Å². The molecular weight excluding hydrogens is 480 g/mol. The quantitative estimate of drug-likeness (QED) is 0.396. The first-order chi connectivity index (χ1) is 16.3. The first-order valence-electron chi connectivity index (χ1n) is 10.9. The number of hydrogen-bond acceptors (Lipinski definition) is 5. The summed E-state index contributed by atoms with van der Waals surface area (Å²) in [7, 11) is 0. The number of nitrogens with two attached hydrogens (primary N) is 1. The van der Waals surface area contributed by atoms with Crippen molar-refractivity contribution < 1.29 is 18.7 Å². The maximum atomic E-state index is 13.9. The van der Waals surface area contributed by atoms with Crippen molar-refractivity contribution in [1.82, 2.24) is 10.3 Å². The van der Waals surface area contributed by atoms with E-state index in [0.717, 1.165) is 30.6 Å². The second-order valence-electron chi connectivity index (χ2n) is 8.05. The van der Waals surface area contributed by atoms with Crippen LogP contribution in [-0.2, 0) is 4.74 Å². The van der Waals surface area contributed by atoms with Crippen molar-refractivity contribution in [3.63, 3.8) is 0 Å². The Morgan fingerprint density at radius 1 is 1.26 bits per heavy atom. The molecule has 1 unspecified atom stereocenters. The van der Waals surface area contributed by atoms with Gasteiger partial charge in [0.25, 0.3) is 5.91 Å². The monoisotopic (exact) mass is 503 g/mol. The fourth-order valence-corrected chi connectivity index (χ4v) is 4.48. The summed E-state index contributed by atoms with van der Waals surface area (Å²) in [6.07, 6.45) is 3.01. The summed E-state index contributed by atoms with van der Waals surface area (Å²) in [5.41, 5.74) is 8.44. The molecule has 1 saturated heterocycles. The lowest BCUT2D eigenvalue weighted by molar-refractivity contribution is 0.0858. The van der Waals surface area contributed by atoms with Crippen LogP contribution in [0.15, 0.2) is 48.7 Å². The number of amides is 1. The molecular formula is C25H24Cl2FN3O3. The molecule has 2 heterocycles. The molecule has 6 nitrogen and oxygen atoms in total. The highest BCUT2D eigenvalue weighted by molar-refractivity contribution is 6.36. The van der Waals surface area contributed by atoms with E-state index in [1.165, 1.54) is 12.1 Å². The van der Waals surface area contributed by atoms with Crippen LogP contribution in [-0.4, -0.2) is 30.1 Å². The molecule has 1 amide bonds. The molecule has 9 heteroatoms. The number of nitrogens with one attached hydrogen (secondary N) is 1. The Labute approximate surface area is 207 Å². The van der Waals surface area contributed by atoms with E-state index in [-0.39, 0.29) is 27.9 Å². The van der Waals surface area contributed by atoms with Gasteiger partial charge in [-0.2, -0.15) is 0 Å². The van der Waals surface area contributed by atoms with Gasteiger partial charge < -0.3 is 20.5 Å². The predicted octanol–water partition coefficient (Wildman–Crippen LogP) is 5.83. The van der Waals surface area contributed by atoms with E-state index in [4.69, 9.17) is 38.4 Å². The van der Waals surface area contributed by atoms with Crippen molar-refractivity contribution in [2.24, 2.45) is 0 Å². The number of anilines is 1. The highest BCUT2D eigenvalue weighted by Gasteiger charge is 2.20. The molecule has 4 rings (SSSR count). The Kier molecular flexibility index (Phi) is 7.56. The Morgan fingerprint density at radius 3 is 2.74 bits per heavy atom. The summed E-state index contributed by atoms with van der Waals surface area (Å²) in [6.45, 7) is 2.95. The van der Waals surface area contributed by atoms with Crippen molar-refractivity contribution >= 4 is 34.9 Å². The normalized spacial score (nSPS) is 16.3. The number of hydrogen-bond donors (Lipinski definition) is 2. The number of nitrogen functional groups attached to an aromatic ring is 1. The molecule has 0 spiro atoms. The fourth-order valence-electron chi connectivity index (χ4n) is 3.80. The zero-order chi connectivity index (χ0) is 24.2. The lowest BCUT2D eigenvalue weighted by atomic mass is 10.0. The van der Waals surface area contributed by atoms with Crippen LogP contribution in [0.3, 0.4) is 0 Å². The van der Waals surface area contributed by atoms with Gasteiger partial charge in [0.2, 0.25) is 0 Å². The van der Waals surface area contributed by atoms with E-state index in [1.807, 2.05) is 12.1 Å². The summed E-state index contributed by atoms with van der Waals surface area (Å²) in [5, 5.41) is 3.09. The van der Waals surface area contributed by atoms with E-state index >= 15 is 0 Å². The van der Waals surface area contributed by atoms with Gasteiger partial charge >= 0.3 is 0 Å². The Hall–Kier alpha value is -2.87. The predicted molar refractivity (Wildman–Crippen MR) is 131 cm³/mol. The topological polar surface area (TPSA) is 86.5 Å². The number of benzene rings is 2. The summed E-state index contributed by atoms with van der Waals surface area (Å²) < 4.78 is 25.4. The fraction of sp³-hybridized carbons (Fsp3) is 0.280. The average molecular weight is 504 g/mol. The molecule has 1 aromatic heterocycles. The second kappa shape index (κ2) is 10.6. The van der Waals surface area contributed by atoms with Crippen molar-refractivity contribution in [2.75, 3.05) is 18.9 Å². The molecule has 2 aromatic carbocycles. The third kappa shape index (κ3) is 5.43. The lowest BCUT2D eigenvalue weighted by Gasteiger charge is -2.19. The minimum absolute atomic E-state index is 0.0852. The number of nitrogens with zero attached hydrogens (tertiary/aromatic N) is 1. The number of carbonyl (C=O) groups excluding carboxylic acids is 1. The van der Waals surface area contributed by atoms with E-state index < -0.39 is 11.9 Å². The number of carbonyl (C=O) groups is 1. The number of aromatic nitrogens is 1. The third-order valence-corrected chi connectivity index (χ3v) is 6.38. The highest BCUT2D eigenvalue weighted by atomic mass is 35.5. The van der Waals surface area contributed by atoms with E-state index in [1.54, 1.807) is 31.3 Å². The van der Waals surface area contributed by atoms with Gasteiger partial charge in [0, 0.05) is 41.1 Å². The molecule has 2 atom stereocenters. The van der Waals surface area contributed by atoms with E-state index in [0.29, 0.717) is 23.4 Å². The average Bonchev–Trinajstić information content (AvgIpc) is 3.35. The molecule has 3 N–H and O–H groups in total. The molecule has 3 aromatic rings. The van der Waals surface area contributed by atoms with E-state index in [2.05, 4.69) is 10.3 Å². The highest BCUT2D eigenvalue weighted by Crippen LogP contribution is 2.37.